The lowest BCUT2D eigenvalue weighted by Crippen LogP contribution is -2.46. The summed E-state index contributed by atoms with van der Waals surface area (Å²) in [7, 11) is 4.32. The van der Waals surface area contributed by atoms with Crippen molar-refractivity contribution in [2.45, 2.75) is 85.1 Å². The Labute approximate surface area is 312 Å². The van der Waals surface area contributed by atoms with Gasteiger partial charge in [-0.05, 0) is 38.3 Å². The number of carbonyl (C=O) groups excluding carboxylic acids is 6. The Morgan fingerprint density at radius 3 is 2.20 bits per heavy atom. The number of ketones is 4. The van der Waals surface area contributed by atoms with E-state index in [1.807, 2.05) is 0 Å². The van der Waals surface area contributed by atoms with Gasteiger partial charge in [0.05, 0.1) is 41.3 Å². The number of benzene rings is 1. The summed E-state index contributed by atoms with van der Waals surface area (Å²) in [5, 5.41) is 36.5. The predicted molar refractivity (Wildman–Crippen MR) is 190 cm³/mol. The van der Waals surface area contributed by atoms with E-state index < -0.39 is 117 Å². The van der Waals surface area contributed by atoms with Gasteiger partial charge < -0.3 is 44.5 Å². The highest BCUT2D eigenvalue weighted by Gasteiger charge is 2.53. The Hall–Kier alpha value is -4.86. The number of hydrogen-bond donors (Lipinski definition) is 4. The Morgan fingerprint density at radius 2 is 1.61 bits per heavy atom. The number of allylic oxidation sites excluding steroid dienone is 3. The summed E-state index contributed by atoms with van der Waals surface area (Å²) >= 11 is 0. The van der Waals surface area contributed by atoms with Gasteiger partial charge in [-0.25, -0.2) is 0 Å². The molecule has 1 fully saturated rings. The van der Waals surface area contributed by atoms with Crippen molar-refractivity contribution >= 4 is 35.0 Å². The zero-order chi connectivity index (χ0) is 40.3. The number of phenolic OH excluding ortho intramolecular Hbond substituents is 1. The van der Waals surface area contributed by atoms with Crippen molar-refractivity contribution in [1.29, 1.82) is 0 Å². The number of aliphatic hydroxyl groups is 2. The molecule has 15 heteroatoms. The van der Waals surface area contributed by atoms with E-state index in [0.29, 0.717) is 6.42 Å². The maximum Gasteiger partial charge on any atom is 0.312 e. The van der Waals surface area contributed by atoms with Crippen LogP contribution in [0.3, 0.4) is 0 Å². The molecule has 5 aliphatic rings. The molecule has 292 valence electrons. The average molecular weight is 753 g/mol. The number of nitrogens with one attached hydrogen (secondary N) is 1. The number of rotatable bonds is 3. The molecule has 1 aromatic carbocycles. The molecule has 1 aromatic rings. The van der Waals surface area contributed by atoms with Gasteiger partial charge in [0.25, 0.3) is 11.7 Å². The number of fused-ring (bicyclic) bond motifs is 12. The van der Waals surface area contributed by atoms with Crippen molar-refractivity contribution in [1.82, 2.24) is 10.2 Å². The van der Waals surface area contributed by atoms with Crippen molar-refractivity contribution < 1.29 is 63.0 Å². The fourth-order valence-corrected chi connectivity index (χ4v) is 7.75. The van der Waals surface area contributed by atoms with Crippen molar-refractivity contribution in [2.75, 3.05) is 21.2 Å². The van der Waals surface area contributed by atoms with Crippen LogP contribution in [0.4, 0.5) is 0 Å². The second kappa shape index (κ2) is 14.8. The first-order valence-electron chi connectivity index (χ1n) is 17.8. The number of aromatic hydroxyl groups is 1. The third-order valence-electron chi connectivity index (χ3n) is 11.1. The number of phenols is 1. The van der Waals surface area contributed by atoms with Crippen LogP contribution in [0.15, 0.2) is 35.4 Å². The number of nitrogens with zero attached hydrogens (tertiary/aromatic N) is 1. The van der Waals surface area contributed by atoms with Gasteiger partial charge in [0.1, 0.15) is 29.0 Å². The number of ether oxygens (including phenoxy) is 4. The van der Waals surface area contributed by atoms with E-state index in [1.54, 1.807) is 20.8 Å². The number of methoxy groups -OCH3 is 1. The molecule has 1 amide bonds. The standard InChI is InChI=1S/C39H48N2O13/c1-15-13-23(43)21-14-22(21)31(45)17(3)30(44)18(4)35(53-20(6)42)16(2)24(51-10)11-12-52-39(7)37(49)27-25-26(32(46)19(5)36(27)54-39)33(47)28(40-38(15)50)29(34(25)48)41(8)9/h11-13,16-18,21-22,24,30-31,35,44-46H,14H2,1-10H3,(H,40,50)/b12-11+,15-13-/t16-,17+,18-,21-,22+,24+,30-,31-,35-,39+/m1/s1. The lowest BCUT2D eigenvalue weighted by molar-refractivity contribution is -0.160. The normalized spacial score (nSPS) is 34.6. The number of carbonyl (C=O) groups is 6. The van der Waals surface area contributed by atoms with Crippen molar-refractivity contribution in [3.63, 3.8) is 0 Å². The molecule has 10 atom stereocenters. The molecule has 0 spiro atoms. The monoisotopic (exact) mass is 752 g/mol. The largest absolute Gasteiger partial charge is 0.507 e. The summed E-state index contributed by atoms with van der Waals surface area (Å²) in [5.74, 6) is -10.8. The first-order chi connectivity index (χ1) is 25.2. The minimum atomic E-state index is -2.08. The van der Waals surface area contributed by atoms with E-state index in [-0.39, 0.29) is 28.1 Å². The fraction of sp³-hybridized carbons (Fsp3) is 0.538. The minimum Gasteiger partial charge on any atom is -0.507 e. The van der Waals surface area contributed by atoms with Crippen LogP contribution in [-0.4, -0.2) is 107 Å². The molecule has 4 N–H and O–H groups in total. The zero-order valence-electron chi connectivity index (χ0n) is 32.0. The molecular weight excluding hydrogens is 704 g/mol. The molecule has 0 radical (unpaired) electrons. The quantitative estimate of drug-likeness (QED) is 0.327. The van der Waals surface area contributed by atoms with Crippen molar-refractivity contribution in [3.8, 4) is 11.5 Å². The molecule has 0 saturated heterocycles. The van der Waals surface area contributed by atoms with Gasteiger partial charge in [0.2, 0.25) is 11.6 Å². The number of Topliss-reactive ketones (excluding diaryl/α,β-unsaturated/α-hetero) is 3. The van der Waals surface area contributed by atoms with Crippen LogP contribution in [-0.2, 0) is 28.6 Å². The summed E-state index contributed by atoms with van der Waals surface area (Å²) in [6.45, 7) is 10.3. The Bertz CT molecular complexity index is 1910. The number of esters is 1. The van der Waals surface area contributed by atoms with E-state index in [0.717, 1.165) is 12.3 Å². The smallest absolute Gasteiger partial charge is 0.312 e. The maximum atomic E-state index is 14.2. The first-order valence-corrected chi connectivity index (χ1v) is 17.8. The highest BCUT2D eigenvalue weighted by molar-refractivity contribution is 6.32. The van der Waals surface area contributed by atoms with E-state index in [2.05, 4.69) is 5.32 Å². The molecule has 2 aliphatic carbocycles. The lowest BCUT2D eigenvalue weighted by Gasteiger charge is -2.37. The van der Waals surface area contributed by atoms with Crippen molar-refractivity contribution in [2.24, 2.45) is 29.6 Å². The van der Waals surface area contributed by atoms with Crippen LogP contribution in [0, 0.1) is 36.5 Å². The number of hydrogen-bond acceptors (Lipinski definition) is 14. The first kappa shape index (κ1) is 40.3. The third-order valence-corrected chi connectivity index (χ3v) is 11.1. The molecule has 54 heavy (non-hydrogen) atoms. The zero-order valence-corrected chi connectivity index (χ0v) is 32.0. The molecule has 5 bridgehead atoms. The van der Waals surface area contributed by atoms with Gasteiger partial charge in [-0.15, -0.1) is 0 Å². The van der Waals surface area contributed by atoms with Gasteiger partial charge in [-0.3, -0.25) is 28.8 Å². The van der Waals surface area contributed by atoms with Gasteiger partial charge in [0.15, 0.2) is 5.78 Å². The molecule has 3 aliphatic heterocycles. The summed E-state index contributed by atoms with van der Waals surface area (Å²) < 4.78 is 23.2. The molecular formula is C39H48N2O13. The average Bonchev–Trinajstić information content (AvgIpc) is 3.87. The Kier molecular flexibility index (Phi) is 11.0. The van der Waals surface area contributed by atoms with Crippen LogP contribution in [0.25, 0.3) is 0 Å². The SMILES string of the molecule is CO[C@H]1/C=C/O[C@@]2(C)Oc3c(C)c(O)c4c(c3C2=O)C(=O)C(N(C)C)=C(NC(=O)/C(C)=C\C(=O)[C@@H]2C[C@@H]2[C@H](O)[C@@H](C)[C@@H](O)[C@@H](C)[C@H](OC(C)=O)[C@@H]1C)C4=O. The number of amides is 1. The van der Waals surface area contributed by atoms with Crippen LogP contribution in [0.2, 0.25) is 0 Å². The van der Waals surface area contributed by atoms with E-state index in [1.165, 1.54) is 59.9 Å². The van der Waals surface area contributed by atoms with Gasteiger partial charge in [-0.2, -0.15) is 0 Å². The van der Waals surface area contributed by atoms with Crippen molar-refractivity contribution in [3.05, 3.63) is 57.6 Å². The molecule has 0 aromatic heterocycles. The lowest BCUT2D eigenvalue weighted by atomic mass is 9.79. The number of aliphatic hydroxyl groups excluding tert-OH is 2. The van der Waals surface area contributed by atoms with Gasteiger partial charge in [-0.1, -0.05) is 20.8 Å². The van der Waals surface area contributed by atoms with Gasteiger partial charge in [0, 0.05) is 69.9 Å². The molecule has 3 heterocycles. The molecule has 15 nitrogen and oxygen atoms in total. The minimum absolute atomic E-state index is 0.0312. The summed E-state index contributed by atoms with van der Waals surface area (Å²) in [6, 6.07) is 0. The van der Waals surface area contributed by atoms with E-state index in [9.17, 15) is 44.1 Å². The number of likely N-dealkylation sites (N-methyl/N-ethyl adjacent to an activating group) is 1. The van der Waals surface area contributed by atoms with Crippen LogP contribution < -0.4 is 10.1 Å². The van der Waals surface area contributed by atoms with Crippen LogP contribution in [0.5, 0.6) is 11.5 Å². The highest BCUT2D eigenvalue weighted by Crippen LogP contribution is 2.49. The van der Waals surface area contributed by atoms with E-state index in [4.69, 9.17) is 18.9 Å². The second-order valence-corrected chi connectivity index (χ2v) is 15.1. The highest BCUT2D eigenvalue weighted by atomic mass is 16.7. The second-order valence-electron chi connectivity index (χ2n) is 15.1. The van der Waals surface area contributed by atoms with Crippen LogP contribution >= 0.6 is 0 Å². The summed E-state index contributed by atoms with van der Waals surface area (Å²) in [5.41, 5.74) is -2.11. The molecule has 1 saturated carbocycles. The fourth-order valence-electron chi connectivity index (χ4n) is 7.75. The molecule has 0 unspecified atom stereocenters. The summed E-state index contributed by atoms with van der Waals surface area (Å²) in [6.07, 6.45) is -0.103. The van der Waals surface area contributed by atoms with E-state index >= 15 is 0 Å². The molecule has 6 rings (SSSR count). The van der Waals surface area contributed by atoms with Crippen LogP contribution in [0.1, 0.15) is 84.6 Å². The maximum absolute atomic E-state index is 14.2. The predicted octanol–water partition coefficient (Wildman–Crippen LogP) is 2.53. The topological polar surface area (TPSA) is 215 Å². The Balaban J connectivity index is 1.64. The van der Waals surface area contributed by atoms with Gasteiger partial charge >= 0.3 is 11.8 Å². The Morgan fingerprint density at radius 1 is 0.963 bits per heavy atom. The summed E-state index contributed by atoms with van der Waals surface area (Å²) in [4.78, 5) is 82.9. The third kappa shape index (κ3) is 6.84.